The largest absolute Gasteiger partial charge is 0.336 e. The molecule has 7 heteroatoms. The van der Waals surface area contributed by atoms with Crippen molar-refractivity contribution in [3.05, 3.63) is 76.6 Å². The molecule has 1 aliphatic heterocycles. The number of carbonyl (C=O) groups excluding carboxylic acids is 2. The van der Waals surface area contributed by atoms with Gasteiger partial charge in [0.1, 0.15) is 0 Å². The minimum Gasteiger partial charge on any atom is -0.336 e. The fraction of sp³-hybridized carbons (Fsp3) is 0.346. The van der Waals surface area contributed by atoms with Gasteiger partial charge in [-0.1, -0.05) is 24.3 Å². The van der Waals surface area contributed by atoms with Gasteiger partial charge < -0.3 is 10.2 Å². The molecule has 3 aromatic rings. The molecule has 1 saturated heterocycles. The first-order valence-electron chi connectivity index (χ1n) is 11.3. The zero-order valence-corrected chi connectivity index (χ0v) is 19.8. The Kier molecular flexibility index (Phi) is 6.60. The van der Waals surface area contributed by atoms with E-state index in [2.05, 4.69) is 21.4 Å². The van der Waals surface area contributed by atoms with Crippen LogP contribution in [-0.4, -0.2) is 64.1 Å². The molecule has 0 bridgehead atoms. The molecule has 1 aliphatic rings. The quantitative estimate of drug-likeness (QED) is 0.653. The third-order valence-electron chi connectivity index (χ3n) is 6.39. The predicted octanol–water partition coefficient (Wildman–Crippen LogP) is 3.50. The Morgan fingerprint density at radius 2 is 1.70 bits per heavy atom. The van der Waals surface area contributed by atoms with E-state index in [-0.39, 0.29) is 11.8 Å². The molecular weight excluding hydrogens is 414 g/mol. The van der Waals surface area contributed by atoms with Gasteiger partial charge in [-0.05, 0) is 62.6 Å². The highest BCUT2D eigenvalue weighted by atomic mass is 16.2. The van der Waals surface area contributed by atoms with Gasteiger partial charge in [-0.3, -0.25) is 14.5 Å². The highest BCUT2D eigenvalue weighted by Crippen LogP contribution is 2.19. The first-order valence-corrected chi connectivity index (χ1v) is 11.3. The van der Waals surface area contributed by atoms with Crippen LogP contribution < -0.4 is 5.32 Å². The van der Waals surface area contributed by atoms with E-state index in [4.69, 9.17) is 0 Å². The second kappa shape index (κ2) is 9.58. The van der Waals surface area contributed by atoms with Crippen molar-refractivity contribution >= 4 is 17.5 Å². The number of amides is 2. The van der Waals surface area contributed by atoms with Crippen LogP contribution in [0.5, 0.6) is 0 Å². The summed E-state index contributed by atoms with van der Waals surface area (Å²) in [5.41, 5.74) is 6.65. The van der Waals surface area contributed by atoms with E-state index in [1.54, 1.807) is 6.20 Å². The first-order chi connectivity index (χ1) is 15.8. The standard InChI is InChI=1S/C26H31N5O2/c1-18-7-5-9-22(15-18)31-21(4)23(16-27-31)26(33)30-13-11-29(12-14-30)17-25(32)28-24-10-6-8-19(2)20(24)3/h5-10,15-16H,11-14,17H2,1-4H3,(H,28,32). The molecule has 0 saturated carbocycles. The number of nitrogens with zero attached hydrogens (tertiary/aromatic N) is 4. The second-order valence-corrected chi connectivity index (χ2v) is 8.76. The topological polar surface area (TPSA) is 70.5 Å². The van der Waals surface area contributed by atoms with E-state index < -0.39 is 0 Å². The van der Waals surface area contributed by atoms with E-state index >= 15 is 0 Å². The van der Waals surface area contributed by atoms with E-state index in [0.717, 1.165) is 33.8 Å². The lowest BCUT2D eigenvalue weighted by Gasteiger charge is -2.34. The summed E-state index contributed by atoms with van der Waals surface area (Å²) >= 11 is 0. The number of anilines is 1. The van der Waals surface area contributed by atoms with Crippen LogP contribution in [0, 0.1) is 27.7 Å². The van der Waals surface area contributed by atoms with Crippen LogP contribution in [0.15, 0.2) is 48.7 Å². The normalized spacial score (nSPS) is 14.4. The molecule has 2 aromatic carbocycles. The smallest absolute Gasteiger partial charge is 0.257 e. The van der Waals surface area contributed by atoms with Crippen LogP contribution in [0.2, 0.25) is 0 Å². The maximum Gasteiger partial charge on any atom is 0.257 e. The number of carbonyl (C=O) groups is 2. The van der Waals surface area contributed by atoms with E-state index in [1.807, 2.05) is 73.7 Å². The number of benzene rings is 2. The van der Waals surface area contributed by atoms with Crippen LogP contribution in [-0.2, 0) is 4.79 Å². The number of aryl methyl sites for hydroxylation is 2. The van der Waals surface area contributed by atoms with Gasteiger partial charge in [-0.25, -0.2) is 4.68 Å². The molecular formula is C26H31N5O2. The van der Waals surface area contributed by atoms with Gasteiger partial charge in [0, 0.05) is 31.9 Å². The van der Waals surface area contributed by atoms with Crippen molar-refractivity contribution in [2.24, 2.45) is 0 Å². The minimum absolute atomic E-state index is 0.00844. The van der Waals surface area contributed by atoms with E-state index in [9.17, 15) is 9.59 Å². The summed E-state index contributed by atoms with van der Waals surface area (Å²) < 4.78 is 1.81. The summed E-state index contributed by atoms with van der Waals surface area (Å²) in [6.45, 7) is 10.8. The molecule has 0 unspecified atom stereocenters. The average molecular weight is 446 g/mol. The summed E-state index contributed by atoms with van der Waals surface area (Å²) in [6, 6.07) is 14.0. The van der Waals surface area contributed by atoms with Crippen LogP contribution in [0.3, 0.4) is 0 Å². The lowest BCUT2D eigenvalue weighted by molar-refractivity contribution is -0.117. The Morgan fingerprint density at radius 3 is 2.42 bits per heavy atom. The molecule has 1 N–H and O–H groups in total. The van der Waals surface area contributed by atoms with Crippen molar-refractivity contribution in [3.63, 3.8) is 0 Å². The van der Waals surface area contributed by atoms with Crippen molar-refractivity contribution < 1.29 is 9.59 Å². The Morgan fingerprint density at radius 1 is 0.970 bits per heavy atom. The Balaban J connectivity index is 1.34. The number of rotatable bonds is 5. The van der Waals surface area contributed by atoms with Crippen LogP contribution in [0.25, 0.3) is 5.69 Å². The molecule has 33 heavy (non-hydrogen) atoms. The summed E-state index contributed by atoms with van der Waals surface area (Å²) in [7, 11) is 0. The lowest BCUT2D eigenvalue weighted by atomic mass is 10.1. The van der Waals surface area contributed by atoms with E-state index in [0.29, 0.717) is 38.3 Å². The van der Waals surface area contributed by atoms with Gasteiger partial charge in [0.2, 0.25) is 5.91 Å². The zero-order valence-electron chi connectivity index (χ0n) is 19.8. The molecule has 0 atom stereocenters. The van der Waals surface area contributed by atoms with Crippen LogP contribution in [0.4, 0.5) is 5.69 Å². The zero-order chi connectivity index (χ0) is 23.5. The molecule has 1 fully saturated rings. The van der Waals surface area contributed by atoms with Gasteiger partial charge in [-0.15, -0.1) is 0 Å². The van der Waals surface area contributed by atoms with Gasteiger partial charge >= 0.3 is 0 Å². The Hall–Kier alpha value is -3.45. The number of hydrogen-bond donors (Lipinski definition) is 1. The van der Waals surface area contributed by atoms with Crippen molar-refractivity contribution in [2.45, 2.75) is 27.7 Å². The summed E-state index contributed by atoms with van der Waals surface area (Å²) in [6.07, 6.45) is 1.66. The number of piperazine rings is 1. The van der Waals surface area contributed by atoms with Crippen molar-refractivity contribution in [1.29, 1.82) is 0 Å². The first kappa shape index (κ1) is 22.7. The molecule has 0 radical (unpaired) electrons. The molecule has 7 nitrogen and oxygen atoms in total. The van der Waals surface area contributed by atoms with Crippen LogP contribution in [0.1, 0.15) is 32.7 Å². The summed E-state index contributed by atoms with van der Waals surface area (Å²) in [4.78, 5) is 29.6. The molecule has 0 spiro atoms. The van der Waals surface area contributed by atoms with Crippen molar-refractivity contribution in [1.82, 2.24) is 19.6 Å². The highest BCUT2D eigenvalue weighted by molar-refractivity contribution is 5.95. The average Bonchev–Trinajstić information content (AvgIpc) is 3.18. The maximum absolute atomic E-state index is 13.1. The predicted molar refractivity (Wildman–Crippen MR) is 130 cm³/mol. The monoisotopic (exact) mass is 445 g/mol. The van der Waals surface area contributed by atoms with Crippen LogP contribution >= 0.6 is 0 Å². The maximum atomic E-state index is 13.1. The second-order valence-electron chi connectivity index (χ2n) is 8.76. The number of hydrogen-bond acceptors (Lipinski definition) is 4. The molecule has 2 heterocycles. The summed E-state index contributed by atoms with van der Waals surface area (Å²) in [5, 5.41) is 7.47. The van der Waals surface area contributed by atoms with Gasteiger partial charge in [0.05, 0.1) is 29.7 Å². The van der Waals surface area contributed by atoms with Gasteiger partial charge in [-0.2, -0.15) is 5.10 Å². The van der Waals surface area contributed by atoms with Gasteiger partial charge in [0.15, 0.2) is 0 Å². The van der Waals surface area contributed by atoms with Crippen molar-refractivity contribution in [3.8, 4) is 5.69 Å². The third kappa shape index (κ3) is 4.98. The Bertz CT molecular complexity index is 1180. The molecule has 1 aromatic heterocycles. The minimum atomic E-state index is -0.0289. The fourth-order valence-corrected chi connectivity index (χ4v) is 4.20. The van der Waals surface area contributed by atoms with Gasteiger partial charge in [0.25, 0.3) is 5.91 Å². The number of aromatic nitrogens is 2. The summed E-state index contributed by atoms with van der Waals surface area (Å²) in [5.74, 6) is -0.0374. The Labute approximate surface area is 195 Å². The molecule has 0 aliphatic carbocycles. The molecule has 172 valence electrons. The van der Waals surface area contributed by atoms with Crippen molar-refractivity contribution in [2.75, 3.05) is 38.0 Å². The fourth-order valence-electron chi connectivity index (χ4n) is 4.20. The third-order valence-corrected chi connectivity index (χ3v) is 6.39. The lowest BCUT2D eigenvalue weighted by Crippen LogP contribution is -2.50. The van der Waals surface area contributed by atoms with E-state index in [1.165, 1.54) is 0 Å². The number of nitrogens with one attached hydrogen (secondary N) is 1. The highest BCUT2D eigenvalue weighted by Gasteiger charge is 2.26. The molecule has 2 amide bonds. The molecule has 4 rings (SSSR count). The SMILES string of the molecule is Cc1cccc(-n2ncc(C(=O)N3CCN(CC(=O)Nc4cccc(C)c4C)CC3)c2C)c1.